The summed E-state index contributed by atoms with van der Waals surface area (Å²) in [6.07, 6.45) is 3.96. The number of nitrogens with zero attached hydrogens (tertiary/aromatic N) is 1. The summed E-state index contributed by atoms with van der Waals surface area (Å²) in [5, 5.41) is 3.34. The minimum atomic E-state index is -3.27. The van der Waals surface area contributed by atoms with Crippen LogP contribution >= 0.6 is 11.3 Å². The normalized spacial score (nSPS) is 20.6. The van der Waals surface area contributed by atoms with E-state index in [1.807, 2.05) is 13.0 Å². The topological polar surface area (TPSA) is 49.4 Å². The van der Waals surface area contributed by atoms with Gasteiger partial charge in [0.05, 0.1) is 0 Å². The van der Waals surface area contributed by atoms with Crippen LogP contribution in [-0.4, -0.2) is 38.4 Å². The smallest absolute Gasteiger partial charge is 0.252 e. The molecule has 1 fully saturated rings. The standard InChI is InChI=1S/C14H24N2O2S2/c1-3-9-15-10-8-13-6-7-14(19-13)20(17,18)16-11-4-5-12(16)2/h6-7,12,15H,3-5,8-11H2,1-2H3. The molecule has 1 aromatic rings. The van der Waals surface area contributed by atoms with E-state index in [0.29, 0.717) is 10.8 Å². The Labute approximate surface area is 126 Å². The van der Waals surface area contributed by atoms with Crippen LogP contribution in [-0.2, 0) is 16.4 Å². The lowest BCUT2D eigenvalue weighted by atomic mass is 10.3. The van der Waals surface area contributed by atoms with E-state index in [-0.39, 0.29) is 6.04 Å². The van der Waals surface area contributed by atoms with Crippen molar-refractivity contribution in [3.8, 4) is 0 Å². The van der Waals surface area contributed by atoms with E-state index in [4.69, 9.17) is 0 Å². The molecule has 1 saturated heterocycles. The Bertz CT molecular complexity index is 525. The van der Waals surface area contributed by atoms with Gasteiger partial charge in [0.15, 0.2) is 0 Å². The van der Waals surface area contributed by atoms with Crippen molar-refractivity contribution in [1.82, 2.24) is 9.62 Å². The minimum absolute atomic E-state index is 0.136. The fraction of sp³-hybridized carbons (Fsp3) is 0.714. The van der Waals surface area contributed by atoms with E-state index in [0.717, 1.165) is 43.6 Å². The average Bonchev–Trinajstić information content (AvgIpc) is 3.04. The fourth-order valence-corrected chi connectivity index (χ4v) is 5.71. The third-order valence-electron chi connectivity index (χ3n) is 3.67. The molecule has 0 bridgehead atoms. The van der Waals surface area contributed by atoms with Crippen LogP contribution in [0.3, 0.4) is 0 Å². The Kier molecular flexibility index (Phi) is 5.60. The summed E-state index contributed by atoms with van der Waals surface area (Å²) in [6.45, 7) is 6.72. The highest BCUT2D eigenvalue weighted by molar-refractivity contribution is 7.91. The van der Waals surface area contributed by atoms with Crippen LogP contribution in [0.15, 0.2) is 16.3 Å². The highest BCUT2D eigenvalue weighted by Gasteiger charge is 2.33. The van der Waals surface area contributed by atoms with Gasteiger partial charge in [0.2, 0.25) is 0 Å². The summed E-state index contributed by atoms with van der Waals surface area (Å²) in [5.74, 6) is 0. The molecule has 1 atom stereocenters. The molecular formula is C14H24N2O2S2. The van der Waals surface area contributed by atoms with Crippen LogP contribution in [0.4, 0.5) is 0 Å². The summed E-state index contributed by atoms with van der Waals surface area (Å²) in [4.78, 5) is 1.14. The van der Waals surface area contributed by atoms with E-state index in [2.05, 4.69) is 12.2 Å². The summed E-state index contributed by atoms with van der Waals surface area (Å²) in [6, 6.07) is 3.85. The first-order valence-corrected chi connectivity index (χ1v) is 9.62. The lowest BCUT2D eigenvalue weighted by molar-refractivity contribution is 0.409. The van der Waals surface area contributed by atoms with Crippen molar-refractivity contribution >= 4 is 21.4 Å². The van der Waals surface area contributed by atoms with Crippen molar-refractivity contribution in [3.05, 3.63) is 17.0 Å². The molecule has 6 heteroatoms. The van der Waals surface area contributed by atoms with E-state index >= 15 is 0 Å². The van der Waals surface area contributed by atoms with Crippen LogP contribution in [0.5, 0.6) is 0 Å². The first kappa shape index (κ1) is 15.9. The van der Waals surface area contributed by atoms with Crippen molar-refractivity contribution < 1.29 is 8.42 Å². The first-order valence-electron chi connectivity index (χ1n) is 7.37. The molecule has 1 unspecified atom stereocenters. The molecular weight excluding hydrogens is 292 g/mol. The second-order valence-electron chi connectivity index (χ2n) is 5.33. The number of hydrogen-bond donors (Lipinski definition) is 1. The van der Waals surface area contributed by atoms with Gasteiger partial charge < -0.3 is 5.32 Å². The maximum atomic E-state index is 12.6. The molecule has 0 saturated carbocycles. The van der Waals surface area contributed by atoms with Crippen molar-refractivity contribution in [2.75, 3.05) is 19.6 Å². The zero-order valence-electron chi connectivity index (χ0n) is 12.3. The predicted molar refractivity (Wildman–Crippen MR) is 83.8 cm³/mol. The zero-order valence-corrected chi connectivity index (χ0v) is 13.9. The van der Waals surface area contributed by atoms with E-state index in [9.17, 15) is 8.42 Å². The van der Waals surface area contributed by atoms with Gasteiger partial charge in [-0.05, 0) is 57.8 Å². The lowest BCUT2D eigenvalue weighted by Crippen LogP contribution is -2.33. The third-order valence-corrected chi connectivity index (χ3v) is 7.29. The van der Waals surface area contributed by atoms with Crippen LogP contribution in [0.2, 0.25) is 0 Å². The maximum Gasteiger partial charge on any atom is 0.252 e. The number of hydrogen-bond acceptors (Lipinski definition) is 4. The number of nitrogens with one attached hydrogen (secondary N) is 1. The molecule has 114 valence electrons. The molecule has 0 aromatic carbocycles. The quantitative estimate of drug-likeness (QED) is 0.786. The predicted octanol–water partition coefficient (Wildman–Crippen LogP) is 2.46. The number of sulfonamides is 1. The molecule has 2 rings (SSSR count). The van der Waals surface area contributed by atoms with Gasteiger partial charge in [-0.25, -0.2) is 8.42 Å². The zero-order chi connectivity index (χ0) is 14.6. The van der Waals surface area contributed by atoms with Gasteiger partial charge in [0, 0.05) is 17.5 Å². The Balaban J connectivity index is 2.00. The Hall–Kier alpha value is -0.430. The van der Waals surface area contributed by atoms with Gasteiger partial charge in [0.1, 0.15) is 4.21 Å². The average molecular weight is 316 g/mol. The summed E-state index contributed by atoms with van der Waals surface area (Å²) >= 11 is 1.42. The Morgan fingerprint density at radius 2 is 2.20 bits per heavy atom. The lowest BCUT2D eigenvalue weighted by Gasteiger charge is -2.19. The van der Waals surface area contributed by atoms with Crippen molar-refractivity contribution in [1.29, 1.82) is 0 Å². The summed E-state index contributed by atoms with van der Waals surface area (Å²) in [7, 11) is -3.27. The van der Waals surface area contributed by atoms with Crippen molar-refractivity contribution in [2.45, 2.75) is 49.8 Å². The van der Waals surface area contributed by atoms with Crippen LogP contribution in [0, 0.1) is 0 Å². The second-order valence-corrected chi connectivity index (χ2v) is 8.61. The second kappa shape index (κ2) is 7.02. The monoisotopic (exact) mass is 316 g/mol. The molecule has 4 nitrogen and oxygen atoms in total. The van der Waals surface area contributed by atoms with Crippen LogP contribution < -0.4 is 5.32 Å². The molecule has 1 aliphatic heterocycles. The third kappa shape index (κ3) is 3.61. The van der Waals surface area contributed by atoms with E-state index < -0.39 is 10.0 Å². The van der Waals surface area contributed by atoms with Crippen molar-refractivity contribution in [3.63, 3.8) is 0 Å². The highest BCUT2D eigenvalue weighted by atomic mass is 32.2. The van der Waals surface area contributed by atoms with Crippen LogP contribution in [0.1, 0.15) is 38.0 Å². The Morgan fingerprint density at radius 3 is 2.85 bits per heavy atom. The Morgan fingerprint density at radius 1 is 1.40 bits per heavy atom. The molecule has 20 heavy (non-hydrogen) atoms. The van der Waals surface area contributed by atoms with Gasteiger partial charge in [-0.3, -0.25) is 0 Å². The number of rotatable bonds is 7. The van der Waals surface area contributed by atoms with Gasteiger partial charge in [-0.2, -0.15) is 4.31 Å². The molecule has 0 amide bonds. The molecule has 0 aliphatic carbocycles. The minimum Gasteiger partial charge on any atom is -0.316 e. The summed E-state index contributed by atoms with van der Waals surface area (Å²) < 4.78 is 27.3. The summed E-state index contributed by atoms with van der Waals surface area (Å²) in [5.41, 5.74) is 0. The molecule has 1 aliphatic rings. The SMILES string of the molecule is CCCNCCc1ccc(S(=O)(=O)N2CCCC2C)s1. The maximum absolute atomic E-state index is 12.6. The van der Waals surface area contributed by atoms with Gasteiger partial charge in [0.25, 0.3) is 10.0 Å². The largest absolute Gasteiger partial charge is 0.316 e. The van der Waals surface area contributed by atoms with E-state index in [1.165, 1.54) is 11.3 Å². The molecule has 1 aromatic heterocycles. The molecule has 1 N–H and O–H groups in total. The van der Waals surface area contributed by atoms with E-state index in [1.54, 1.807) is 10.4 Å². The molecule has 2 heterocycles. The highest BCUT2D eigenvalue weighted by Crippen LogP contribution is 2.30. The number of thiophene rings is 1. The molecule has 0 radical (unpaired) electrons. The first-order chi connectivity index (χ1) is 9.55. The van der Waals surface area contributed by atoms with Gasteiger partial charge in [-0.15, -0.1) is 11.3 Å². The molecule has 0 spiro atoms. The van der Waals surface area contributed by atoms with Gasteiger partial charge in [-0.1, -0.05) is 6.92 Å². The van der Waals surface area contributed by atoms with Gasteiger partial charge >= 0.3 is 0 Å². The van der Waals surface area contributed by atoms with Crippen LogP contribution in [0.25, 0.3) is 0 Å². The fourth-order valence-electron chi connectivity index (χ4n) is 2.52. The van der Waals surface area contributed by atoms with Crippen molar-refractivity contribution in [2.24, 2.45) is 0 Å².